The van der Waals surface area contributed by atoms with E-state index in [4.69, 9.17) is 4.52 Å². The van der Waals surface area contributed by atoms with Crippen LogP contribution >= 0.6 is 0 Å². The number of pyridine rings is 1. The molecule has 0 N–H and O–H groups in total. The summed E-state index contributed by atoms with van der Waals surface area (Å²) in [5, 5.41) is 4.00. The van der Waals surface area contributed by atoms with E-state index in [2.05, 4.69) is 15.1 Å². The predicted octanol–water partition coefficient (Wildman–Crippen LogP) is 0.729. The molecule has 2 aromatic rings. The van der Waals surface area contributed by atoms with Crippen LogP contribution in [0.4, 0.5) is 0 Å². The molecule has 2 fully saturated rings. The molecule has 0 spiro atoms. The highest BCUT2D eigenvalue weighted by Gasteiger charge is 2.39. The van der Waals surface area contributed by atoms with Gasteiger partial charge in [0.2, 0.25) is 27.6 Å². The Kier molecular flexibility index (Phi) is 4.68. The second-order valence-corrected chi connectivity index (χ2v) is 9.05. The SMILES string of the molecule is CS(=O)(=O)N1CCC(C(=O)N2CC(c3nc(-c4ccncc4)no3)C2)CC1. The van der Waals surface area contributed by atoms with Gasteiger partial charge in [0.25, 0.3) is 0 Å². The van der Waals surface area contributed by atoms with Crippen LogP contribution in [-0.2, 0) is 14.8 Å². The van der Waals surface area contributed by atoms with Crippen LogP contribution in [0.15, 0.2) is 29.0 Å². The quantitative estimate of drug-likeness (QED) is 0.756. The molecule has 0 aliphatic carbocycles. The van der Waals surface area contributed by atoms with Crippen LogP contribution < -0.4 is 0 Å². The van der Waals surface area contributed by atoms with Gasteiger partial charge < -0.3 is 9.42 Å². The van der Waals surface area contributed by atoms with Gasteiger partial charge in [0.15, 0.2) is 0 Å². The molecule has 10 heteroatoms. The van der Waals surface area contributed by atoms with Crippen molar-refractivity contribution in [1.29, 1.82) is 0 Å². The van der Waals surface area contributed by atoms with Crippen molar-refractivity contribution in [3.8, 4) is 11.4 Å². The Balaban J connectivity index is 1.31. The second kappa shape index (κ2) is 7.01. The molecule has 0 unspecified atom stereocenters. The number of carbonyl (C=O) groups is 1. The van der Waals surface area contributed by atoms with E-state index in [1.165, 1.54) is 10.6 Å². The van der Waals surface area contributed by atoms with Crippen LogP contribution in [-0.4, -0.2) is 71.1 Å². The zero-order chi connectivity index (χ0) is 19.0. The second-order valence-electron chi connectivity index (χ2n) is 7.07. The number of nitrogens with zero attached hydrogens (tertiary/aromatic N) is 5. The van der Waals surface area contributed by atoms with Gasteiger partial charge in [0.05, 0.1) is 12.2 Å². The Hall–Kier alpha value is -2.33. The van der Waals surface area contributed by atoms with Crippen LogP contribution in [0, 0.1) is 5.92 Å². The Morgan fingerprint density at radius 1 is 1.19 bits per heavy atom. The van der Waals surface area contributed by atoms with Crippen LogP contribution in [0.1, 0.15) is 24.7 Å². The van der Waals surface area contributed by atoms with E-state index in [9.17, 15) is 13.2 Å². The lowest BCUT2D eigenvalue weighted by Gasteiger charge is -2.40. The largest absolute Gasteiger partial charge is 0.341 e. The minimum Gasteiger partial charge on any atom is -0.341 e. The van der Waals surface area contributed by atoms with Crippen molar-refractivity contribution < 1.29 is 17.7 Å². The minimum absolute atomic E-state index is 0.0492. The molecule has 2 aliphatic heterocycles. The van der Waals surface area contributed by atoms with Crippen molar-refractivity contribution in [2.75, 3.05) is 32.4 Å². The third-order valence-electron chi connectivity index (χ3n) is 5.19. The summed E-state index contributed by atoms with van der Waals surface area (Å²) in [4.78, 5) is 22.8. The average molecular weight is 391 g/mol. The first-order valence-corrected chi connectivity index (χ1v) is 10.7. The van der Waals surface area contributed by atoms with E-state index in [-0.39, 0.29) is 17.7 Å². The fourth-order valence-corrected chi connectivity index (χ4v) is 4.40. The summed E-state index contributed by atoms with van der Waals surface area (Å²) in [6, 6.07) is 3.63. The highest BCUT2D eigenvalue weighted by Crippen LogP contribution is 2.31. The maximum atomic E-state index is 12.6. The zero-order valence-electron chi connectivity index (χ0n) is 15.0. The van der Waals surface area contributed by atoms with E-state index in [1.54, 1.807) is 17.3 Å². The lowest BCUT2D eigenvalue weighted by atomic mass is 9.92. The first-order chi connectivity index (χ1) is 12.9. The Bertz CT molecular complexity index is 916. The molecule has 2 saturated heterocycles. The van der Waals surface area contributed by atoms with Crippen molar-refractivity contribution in [2.24, 2.45) is 5.92 Å². The fraction of sp³-hybridized carbons (Fsp3) is 0.529. The molecular weight excluding hydrogens is 370 g/mol. The summed E-state index contributed by atoms with van der Waals surface area (Å²) >= 11 is 0. The fourth-order valence-electron chi connectivity index (χ4n) is 3.53. The summed E-state index contributed by atoms with van der Waals surface area (Å²) in [5.41, 5.74) is 0.838. The highest BCUT2D eigenvalue weighted by atomic mass is 32.2. The van der Waals surface area contributed by atoms with Gasteiger partial charge in [-0.1, -0.05) is 5.16 Å². The van der Waals surface area contributed by atoms with Gasteiger partial charge in [-0.15, -0.1) is 0 Å². The normalized spacial score (nSPS) is 19.8. The molecule has 1 amide bonds. The van der Waals surface area contributed by atoms with Crippen molar-refractivity contribution in [1.82, 2.24) is 24.3 Å². The van der Waals surface area contributed by atoms with Crippen LogP contribution in [0.5, 0.6) is 0 Å². The molecule has 2 aliphatic rings. The molecule has 144 valence electrons. The molecule has 27 heavy (non-hydrogen) atoms. The highest BCUT2D eigenvalue weighted by molar-refractivity contribution is 7.88. The molecule has 4 heterocycles. The van der Waals surface area contributed by atoms with Crippen LogP contribution in [0.2, 0.25) is 0 Å². The number of hydrogen-bond acceptors (Lipinski definition) is 7. The Labute approximate surface area is 157 Å². The van der Waals surface area contributed by atoms with E-state index < -0.39 is 10.0 Å². The van der Waals surface area contributed by atoms with E-state index in [0.717, 1.165) is 5.56 Å². The molecule has 2 aromatic heterocycles. The van der Waals surface area contributed by atoms with Crippen molar-refractivity contribution in [3.63, 3.8) is 0 Å². The van der Waals surface area contributed by atoms with Gasteiger partial charge >= 0.3 is 0 Å². The maximum Gasteiger partial charge on any atom is 0.233 e. The van der Waals surface area contributed by atoms with Gasteiger partial charge in [0, 0.05) is 50.1 Å². The average Bonchev–Trinajstić information content (AvgIpc) is 3.10. The lowest BCUT2D eigenvalue weighted by Crippen LogP contribution is -2.52. The van der Waals surface area contributed by atoms with Crippen molar-refractivity contribution >= 4 is 15.9 Å². The number of carbonyl (C=O) groups excluding carboxylic acids is 1. The van der Waals surface area contributed by atoms with Gasteiger partial charge in [-0.25, -0.2) is 12.7 Å². The maximum absolute atomic E-state index is 12.6. The van der Waals surface area contributed by atoms with Gasteiger partial charge in [-0.05, 0) is 25.0 Å². The summed E-state index contributed by atoms with van der Waals surface area (Å²) in [6.07, 6.45) is 5.69. The van der Waals surface area contributed by atoms with E-state index in [0.29, 0.717) is 50.7 Å². The van der Waals surface area contributed by atoms with Gasteiger partial charge in [-0.3, -0.25) is 9.78 Å². The van der Waals surface area contributed by atoms with Crippen LogP contribution in [0.3, 0.4) is 0 Å². The third-order valence-corrected chi connectivity index (χ3v) is 6.50. The number of sulfonamides is 1. The number of hydrogen-bond donors (Lipinski definition) is 0. The molecule has 0 saturated carbocycles. The van der Waals surface area contributed by atoms with E-state index >= 15 is 0 Å². The first-order valence-electron chi connectivity index (χ1n) is 8.90. The molecule has 0 radical (unpaired) electrons. The number of rotatable bonds is 4. The van der Waals surface area contributed by atoms with Gasteiger partial charge in [0.1, 0.15) is 0 Å². The molecule has 4 rings (SSSR count). The van der Waals surface area contributed by atoms with E-state index in [1.807, 2.05) is 12.1 Å². The monoisotopic (exact) mass is 391 g/mol. The zero-order valence-corrected chi connectivity index (χ0v) is 15.8. The number of aromatic nitrogens is 3. The smallest absolute Gasteiger partial charge is 0.233 e. The summed E-state index contributed by atoms with van der Waals surface area (Å²) in [7, 11) is -3.18. The molecule has 9 nitrogen and oxygen atoms in total. The Morgan fingerprint density at radius 2 is 1.85 bits per heavy atom. The predicted molar refractivity (Wildman–Crippen MR) is 96.0 cm³/mol. The number of piperidine rings is 1. The van der Waals surface area contributed by atoms with Gasteiger partial charge in [-0.2, -0.15) is 4.98 Å². The molecular formula is C17H21N5O4S. The molecule has 0 atom stereocenters. The summed E-state index contributed by atoms with van der Waals surface area (Å²) in [6.45, 7) is 1.93. The first kappa shape index (κ1) is 18.1. The third kappa shape index (κ3) is 3.72. The standard InChI is InChI=1S/C17H21N5O4S/c1-27(24,25)22-8-4-13(5-9-22)17(23)21-10-14(11-21)16-19-15(20-26-16)12-2-6-18-7-3-12/h2-3,6-7,13-14H,4-5,8-11H2,1H3. The number of likely N-dealkylation sites (tertiary alicyclic amines) is 1. The lowest BCUT2D eigenvalue weighted by molar-refractivity contribution is -0.141. The summed E-state index contributed by atoms with van der Waals surface area (Å²) < 4.78 is 29.9. The molecule has 0 bridgehead atoms. The van der Waals surface area contributed by atoms with Crippen molar-refractivity contribution in [3.05, 3.63) is 30.4 Å². The molecule has 0 aromatic carbocycles. The minimum atomic E-state index is -3.18. The summed E-state index contributed by atoms with van der Waals surface area (Å²) in [5.74, 6) is 1.09. The van der Waals surface area contributed by atoms with Crippen molar-refractivity contribution in [2.45, 2.75) is 18.8 Å². The topological polar surface area (TPSA) is 110 Å². The Morgan fingerprint density at radius 3 is 2.48 bits per heavy atom. The number of amides is 1. The van der Waals surface area contributed by atoms with Crippen LogP contribution in [0.25, 0.3) is 11.4 Å².